The van der Waals surface area contributed by atoms with Crippen LogP contribution in [0.5, 0.6) is 0 Å². The molecule has 3 aromatic carbocycles. The molecule has 0 bridgehead atoms. The minimum absolute atomic E-state index is 0.106. The zero-order valence-corrected chi connectivity index (χ0v) is 17.4. The number of anilines is 2. The molecule has 1 heterocycles. The van der Waals surface area contributed by atoms with Crippen LogP contribution in [0, 0.1) is 5.82 Å². The molecule has 1 aromatic heterocycles. The number of carbonyl (C=O) groups excluding carboxylic acids is 1. The van der Waals surface area contributed by atoms with Gasteiger partial charge >= 0.3 is 0 Å². The maximum absolute atomic E-state index is 13.0. The summed E-state index contributed by atoms with van der Waals surface area (Å²) in [5.74, 6) is -0.476. The van der Waals surface area contributed by atoms with Crippen molar-refractivity contribution in [1.29, 1.82) is 0 Å². The molecule has 0 unspecified atom stereocenters. The Bertz CT molecular complexity index is 1340. The second kappa shape index (κ2) is 8.94. The van der Waals surface area contributed by atoms with Crippen molar-refractivity contribution in [2.75, 3.05) is 10.0 Å². The van der Waals surface area contributed by atoms with Crippen molar-refractivity contribution < 1.29 is 17.6 Å². The Morgan fingerprint density at radius 3 is 2.19 bits per heavy atom. The molecule has 0 spiro atoms. The van der Waals surface area contributed by atoms with Gasteiger partial charge in [0, 0.05) is 16.8 Å². The number of sulfonamides is 1. The fraction of sp³-hybridized carbons (Fsp3) is 0. The van der Waals surface area contributed by atoms with Gasteiger partial charge in [-0.2, -0.15) is 0 Å². The third kappa shape index (κ3) is 4.96. The van der Waals surface area contributed by atoms with Crippen LogP contribution in [-0.4, -0.2) is 24.3 Å². The van der Waals surface area contributed by atoms with Gasteiger partial charge in [0.05, 0.1) is 23.0 Å². The van der Waals surface area contributed by atoms with Crippen LogP contribution in [-0.2, 0) is 10.0 Å². The van der Waals surface area contributed by atoms with Gasteiger partial charge in [0.1, 0.15) is 5.82 Å². The smallest absolute Gasteiger partial charge is 0.261 e. The van der Waals surface area contributed by atoms with Crippen molar-refractivity contribution in [3.8, 4) is 11.4 Å². The van der Waals surface area contributed by atoms with Gasteiger partial charge in [-0.15, -0.1) is 0 Å². The van der Waals surface area contributed by atoms with Crippen molar-refractivity contribution in [3.63, 3.8) is 0 Å². The number of nitrogens with zero attached hydrogens (tertiary/aromatic N) is 2. The number of nitrogens with one attached hydrogen (secondary N) is 2. The van der Waals surface area contributed by atoms with E-state index < -0.39 is 21.7 Å². The van der Waals surface area contributed by atoms with Crippen LogP contribution in [0.1, 0.15) is 10.4 Å². The zero-order valence-electron chi connectivity index (χ0n) is 16.6. The quantitative estimate of drug-likeness (QED) is 0.457. The van der Waals surface area contributed by atoms with Crippen LogP contribution in [0.4, 0.5) is 15.8 Å². The Hall–Kier alpha value is -4.11. The standard InChI is InChI=1S/C23H17FN4O3S/c24-18-9-11-19(12-10-18)28-32(30,31)21-8-4-7-17(13-21)23(29)27-20-14-25-22(26-15-20)16-5-2-1-3-6-16/h1-15,28H,(H,27,29). The number of benzene rings is 3. The highest BCUT2D eigenvalue weighted by Crippen LogP contribution is 2.19. The predicted octanol–water partition coefficient (Wildman–Crippen LogP) is 4.34. The SMILES string of the molecule is O=C(Nc1cnc(-c2ccccc2)nc1)c1cccc(S(=O)(=O)Nc2ccc(F)cc2)c1. The highest BCUT2D eigenvalue weighted by Gasteiger charge is 2.17. The highest BCUT2D eigenvalue weighted by molar-refractivity contribution is 7.92. The van der Waals surface area contributed by atoms with Gasteiger partial charge in [0.25, 0.3) is 15.9 Å². The van der Waals surface area contributed by atoms with Gasteiger partial charge in [0.2, 0.25) is 0 Å². The first-order valence-corrected chi connectivity index (χ1v) is 11.0. The highest BCUT2D eigenvalue weighted by atomic mass is 32.2. The molecule has 0 fully saturated rings. The first kappa shape index (κ1) is 21.1. The van der Waals surface area contributed by atoms with Gasteiger partial charge in [-0.1, -0.05) is 36.4 Å². The second-order valence-corrected chi connectivity index (χ2v) is 8.44. The zero-order chi connectivity index (χ0) is 22.6. The lowest BCUT2D eigenvalue weighted by Gasteiger charge is -2.10. The van der Waals surface area contributed by atoms with Crippen LogP contribution >= 0.6 is 0 Å². The Kier molecular flexibility index (Phi) is 5.91. The van der Waals surface area contributed by atoms with Crippen molar-refractivity contribution in [3.05, 3.63) is 103 Å². The lowest BCUT2D eigenvalue weighted by molar-refractivity contribution is 0.102. The van der Waals surface area contributed by atoms with Crippen molar-refractivity contribution in [2.24, 2.45) is 0 Å². The van der Waals surface area contributed by atoms with Crippen LogP contribution < -0.4 is 10.0 Å². The summed E-state index contributed by atoms with van der Waals surface area (Å²) in [7, 11) is -3.97. The molecular weight excluding hydrogens is 431 g/mol. The van der Waals surface area contributed by atoms with Crippen molar-refractivity contribution in [2.45, 2.75) is 4.90 Å². The normalized spacial score (nSPS) is 11.0. The van der Waals surface area contributed by atoms with Gasteiger partial charge in [0.15, 0.2) is 5.82 Å². The molecule has 0 atom stereocenters. The molecule has 160 valence electrons. The molecule has 1 amide bonds. The molecule has 4 rings (SSSR count). The van der Waals surface area contributed by atoms with Crippen molar-refractivity contribution >= 4 is 27.3 Å². The summed E-state index contributed by atoms with van der Waals surface area (Å²) in [6.07, 6.45) is 2.95. The van der Waals surface area contributed by atoms with Gasteiger partial charge in [-0.25, -0.2) is 22.8 Å². The predicted molar refractivity (Wildman–Crippen MR) is 119 cm³/mol. The number of hydrogen-bond acceptors (Lipinski definition) is 5. The Morgan fingerprint density at radius 2 is 1.50 bits per heavy atom. The average molecular weight is 448 g/mol. The van der Waals surface area contributed by atoms with E-state index in [1.807, 2.05) is 30.3 Å². The minimum atomic E-state index is -3.97. The molecule has 2 N–H and O–H groups in total. The van der Waals surface area contributed by atoms with E-state index in [-0.39, 0.29) is 16.1 Å². The molecule has 7 nitrogen and oxygen atoms in total. The third-order valence-electron chi connectivity index (χ3n) is 4.44. The van der Waals surface area contributed by atoms with E-state index in [1.165, 1.54) is 48.8 Å². The second-order valence-electron chi connectivity index (χ2n) is 6.76. The van der Waals surface area contributed by atoms with Gasteiger partial charge in [-0.05, 0) is 42.5 Å². The molecular formula is C23H17FN4O3S. The van der Waals surface area contributed by atoms with E-state index in [4.69, 9.17) is 0 Å². The molecule has 0 radical (unpaired) electrons. The maximum Gasteiger partial charge on any atom is 0.261 e. The van der Waals surface area contributed by atoms with E-state index in [0.717, 1.165) is 17.7 Å². The summed E-state index contributed by atoms with van der Waals surface area (Å²) in [5.41, 5.74) is 1.56. The Balaban J connectivity index is 1.49. The summed E-state index contributed by atoms with van der Waals surface area (Å²) in [6.45, 7) is 0. The molecule has 0 aliphatic rings. The van der Waals surface area contributed by atoms with Gasteiger partial charge in [-0.3, -0.25) is 9.52 Å². The molecule has 0 aliphatic heterocycles. The van der Waals surface area contributed by atoms with Crippen LogP contribution in [0.25, 0.3) is 11.4 Å². The molecule has 32 heavy (non-hydrogen) atoms. The number of amides is 1. The van der Waals surface area contributed by atoms with Crippen molar-refractivity contribution in [1.82, 2.24) is 9.97 Å². The van der Waals surface area contributed by atoms with Crippen LogP contribution in [0.3, 0.4) is 0 Å². The molecule has 0 saturated heterocycles. The van der Waals surface area contributed by atoms with E-state index in [1.54, 1.807) is 0 Å². The van der Waals surface area contributed by atoms with E-state index in [2.05, 4.69) is 20.0 Å². The summed E-state index contributed by atoms with van der Waals surface area (Å²) < 4.78 is 40.7. The fourth-order valence-electron chi connectivity index (χ4n) is 2.87. The molecule has 9 heteroatoms. The van der Waals surface area contributed by atoms with Crippen LogP contribution in [0.2, 0.25) is 0 Å². The summed E-state index contributed by atoms with van der Waals surface area (Å²) in [6, 6.07) is 19.9. The number of aromatic nitrogens is 2. The number of hydrogen-bond donors (Lipinski definition) is 2. The summed E-state index contributed by atoms with van der Waals surface area (Å²) in [4.78, 5) is 21.0. The first-order chi connectivity index (χ1) is 15.4. The number of carbonyl (C=O) groups is 1. The Morgan fingerprint density at radius 1 is 0.812 bits per heavy atom. The number of rotatable bonds is 6. The van der Waals surface area contributed by atoms with E-state index in [9.17, 15) is 17.6 Å². The fourth-order valence-corrected chi connectivity index (χ4v) is 3.97. The lowest BCUT2D eigenvalue weighted by atomic mass is 10.2. The topological polar surface area (TPSA) is 101 Å². The minimum Gasteiger partial charge on any atom is -0.319 e. The number of halogens is 1. The largest absolute Gasteiger partial charge is 0.319 e. The third-order valence-corrected chi connectivity index (χ3v) is 5.82. The molecule has 0 aliphatic carbocycles. The van der Waals surface area contributed by atoms with Gasteiger partial charge < -0.3 is 5.32 Å². The summed E-state index contributed by atoms with van der Waals surface area (Å²) >= 11 is 0. The monoisotopic (exact) mass is 448 g/mol. The molecule has 4 aromatic rings. The van der Waals surface area contributed by atoms with Crippen LogP contribution in [0.15, 0.2) is 96.2 Å². The summed E-state index contributed by atoms with van der Waals surface area (Å²) in [5, 5.41) is 2.65. The lowest BCUT2D eigenvalue weighted by Crippen LogP contribution is -2.16. The Labute approximate surface area is 184 Å². The van der Waals surface area contributed by atoms with E-state index >= 15 is 0 Å². The first-order valence-electron chi connectivity index (χ1n) is 9.48. The maximum atomic E-state index is 13.0. The molecule has 0 saturated carbocycles. The average Bonchev–Trinajstić information content (AvgIpc) is 2.81. The van der Waals surface area contributed by atoms with E-state index in [0.29, 0.717) is 11.5 Å².